The fraction of sp³-hybridized carbons (Fsp3) is 0.696. The Balaban J connectivity index is 1.42. The van der Waals surface area contributed by atoms with Crippen molar-refractivity contribution < 1.29 is 9.59 Å². The van der Waals surface area contributed by atoms with Crippen molar-refractivity contribution in [2.75, 3.05) is 12.4 Å². The van der Waals surface area contributed by atoms with E-state index in [4.69, 9.17) is 10.7 Å². The molecule has 3 fully saturated rings. The fourth-order valence-electron chi connectivity index (χ4n) is 7.83. The number of nitrogens with two attached hydrogens (primary N) is 1. The maximum Gasteiger partial charge on any atom is 0.318 e. The average molecular weight is 429 g/mol. The largest absolute Gasteiger partial charge is 0.351 e. The minimum atomic E-state index is -0.555. The van der Waals surface area contributed by atoms with Gasteiger partial charge in [-0.2, -0.15) is 0 Å². The van der Waals surface area contributed by atoms with Crippen LogP contribution in [0.25, 0.3) is 0 Å². The lowest BCUT2D eigenvalue weighted by molar-refractivity contribution is -0.138. The molecule has 0 bridgehead atoms. The van der Waals surface area contributed by atoms with Gasteiger partial charge in [0.05, 0.1) is 5.69 Å². The SMILES string of the molecule is CN1C(=O)C=C[C@]2(C)C3CC[C@]4(C)[C@@H](c5csc(NC(N)=O)n5)CC[C@H]4C3CC[C@@H]12. The summed E-state index contributed by atoms with van der Waals surface area (Å²) in [5, 5.41) is 5.34. The zero-order chi connectivity index (χ0) is 21.3. The monoisotopic (exact) mass is 428 g/mol. The zero-order valence-corrected chi connectivity index (χ0v) is 18.9. The first kappa shape index (κ1) is 20.0. The van der Waals surface area contributed by atoms with E-state index in [0.29, 0.717) is 34.8 Å². The van der Waals surface area contributed by atoms with Crippen molar-refractivity contribution >= 4 is 28.4 Å². The second kappa shape index (κ2) is 6.81. The number of rotatable bonds is 2. The number of hydrogen-bond acceptors (Lipinski definition) is 4. The molecule has 0 saturated heterocycles. The van der Waals surface area contributed by atoms with Crippen molar-refractivity contribution in [3.05, 3.63) is 23.2 Å². The minimum Gasteiger partial charge on any atom is -0.351 e. The van der Waals surface area contributed by atoms with Crippen molar-refractivity contribution in [3.8, 4) is 0 Å². The van der Waals surface area contributed by atoms with Crippen LogP contribution in [0.5, 0.6) is 0 Å². The van der Waals surface area contributed by atoms with Gasteiger partial charge in [-0.25, -0.2) is 9.78 Å². The summed E-state index contributed by atoms with van der Waals surface area (Å²) in [4.78, 5) is 30.1. The van der Waals surface area contributed by atoms with Crippen molar-refractivity contribution in [2.24, 2.45) is 34.3 Å². The van der Waals surface area contributed by atoms with Gasteiger partial charge in [0.2, 0.25) is 5.91 Å². The lowest BCUT2D eigenvalue weighted by atomic mass is 9.47. The van der Waals surface area contributed by atoms with E-state index in [1.165, 1.54) is 43.4 Å². The van der Waals surface area contributed by atoms with Crippen LogP contribution in [0.4, 0.5) is 9.93 Å². The molecule has 3 amide bonds. The number of nitrogens with zero attached hydrogens (tertiary/aromatic N) is 2. The minimum absolute atomic E-state index is 0.0875. The Bertz CT molecular complexity index is 913. The summed E-state index contributed by atoms with van der Waals surface area (Å²) in [6.45, 7) is 4.87. The third-order valence-electron chi connectivity index (χ3n) is 9.24. The average Bonchev–Trinajstić information content (AvgIpc) is 3.28. The highest BCUT2D eigenvalue weighted by atomic mass is 32.1. The maximum absolute atomic E-state index is 12.3. The number of aromatic nitrogens is 1. The number of likely N-dealkylation sites (N-methyl/N-ethyl adjacent to an activating group) is 1. The van der Waals surface area contributed by atoms with E-state index < -0.39 is 6.03 Å². The van der Waals surface area contributed by atoms with E-state index in [9.17, 15) is 9.59 Å². The van der Waals surface area contributed by atoms with Crippen LogP contribution in [0.2, 0.25) is 0 Å². The van der Waals surface area contributed by atoms with Gasteiger partial charge >= 0.3 is 6.03 Å². The van der Waals surface area contributed by atoms with Crippen LogP contribution in [0.3, 0.4) is 0 Å². The Morgan fingerprint density at radius 1 is 1.23 bits per heavy atom. The smallest absolute Gasteiger partial charge is 0.318 e. The summed E-state index contributed by atoms with van der Waals surface area (Å²) >= 11 is 1.47. The predicted octanol–water partition coefficient (Wildman–Crippen LogP) is 4.36. The molecular weight excluding hydrogens is 396 g/mol. The molecule has 3 N–H and O–H groups in total. The van der Waals surface area contributed by atoms with Crippen LogP contribution >= 0.6 is 11.3 Å². The molecule has 7 heteroatoms. The summed E-state index contributed by atoms with van der Waals surface area (Å²) in [6.07, 6.45) is 11.2. The number of carbonyl (C=O) groups excluding carboxylic acids is 2. The van der Waals surface area contributed by atoms with Crippen molar-refractivity contribution in [2.45, 2.75) is 64.3 Å². The second-order valence-corrected chi connectivity index (χ2v) is 11.2. The van der Waals surface area contributed by atoms with Gasteiger partial charge in [-0.3, -0.25) is 10.1 Å². The number of anilines is 1. The van der Waals surface area contributed by atoms with E-state index in [2.05, 4.69) is 30.6 Å². The van der Waals surface area contributed by atoms with E-state index >= 15 is 0 Å². The van der Waals surface area contributed by atoms with Gasteiger partial charge in [-0.15, -0.1) is 11.3 Å². The molecule has 7 atom stereocenters. The maximum atomic E-state index is 12.3. The Kier molecular flexibility index (Phi) is 4.55. The number of hydrogen-bond donors (Lipinski definition) is 2. The molecule has 1 aromatic heterocycles. The number of urea groups is 1. The molecule has 3 saturated carbocycles. The van der Waals surface area contributed by atoms with Crippen LogP contribution in [0, 0.1) is 28.6 Å². The van der Waals surface area contributed by atoms with Crippen molar-refractivity contribution in [1.29, 1.82) is 0 Å². The number of thiazole rings is 1. The highest BCUT2D eigenvalue weighted by Gasteiger charge is 2.60. The summed E-state index contributed by atoms with van der Waals surface area (Å²) in [5.41, 5.74) is 6.72. The van der Waals surface area contributed by atoms with E-state index in [0.717, 1.165) is 12.1 Å². The van der Waals surface area contributed by atoms with Crippen LogP contribution in [-0.4, -0.2) is 34.9 Å². The van der Waals surface area contributed by atoms with Gasteiger partial charge < -0.3 is 10.6 Å². The molecule has 1 aromatic rings. The van der Waals surface area contributed by atoms with E-state index in [-0.39, 0.29) is 16.7 Å². The Hall–Kier alpha value is -1.89. The number of primary amides is 1. The normalized spacial score (nSPS) is 42.4. The highest BCUT2D eigenvalue weighted by Crippen LogP contribution is 2.67. The number of amides is 3. The molecule has 3 aliphatic carbocycles. The summed E-state index contributed by atoms with van der Waals surface area (Å²) in [5.74, 6) is 2.65. The molecule has 162 valence electrons. The van der Waals surface area contributed by atoms with E-state index in [1.54, 1.807) is 0 Å². The van der Waals surface area contributed by atoms with Gasteiger partial charge in [-0.1, -0.05) is 19.9 Å². The Morgan fingerprint density at radius 2 is 2.03 bits per heavy atom. The third-order valence-corrected chi connectivity index (χ3v) is 10.0. The summed E-state index contributed by atoms with van der Waals surface area (Å²) in [6, 6.07) is -0.223. The zero-order valence-electron chi connectivity index (χ0n) is 18.1. The molecule has 2 unspecified atom stereocenters. The van der Waals surface area contributed by atoms with Crippen molar-refractivity contribution in [3.63, 3.8) is 0 Å². The first-order chi connectivity index (χ1) is 14.2. The fourth-order valence-corrected chi connectivity index (χ4v) is 8.60. The van der Waals surface area contributed by atoms with Crippen LogP contribution < -0.4 is 11.1 Å². The standard InChI is InChI=1S/C23H32N4O2S/c1-22-10-8-15-13(4-7-18-23(15,2)11-9-19(28)27(18)3)14(22)5-6-16(22)17-12-30-21(25-17)26-20(24)29/h9,11-16,18H,4-8,10H2,1-3H3,(H3,24,25,26,29)/t13?,14-,15?,16+,18+,22-,23+/m0/s1. The number of carbonyl (C=O) groups is 2. The first-order valence-electron chi connectivity index (χ1n) is 11.2. The van der Waals surface area contributed by atoms with Gasteiger partial charge in [0.1, 0.15) is 0 Å². The molecule has 0 radical (unpaired) electrons. The van der Waals surface area contributed by atoms with E-state index in [1.807, 2.05) is 18.0 Å². The molecule has 6 nitrogen and oxygen atoms in total. The summed E-state index contributed by atoms with van der Waals surface area (Å²) in [7, 11) is 1.98. The van der Waals surface area contributed by atoms with Gasteiger partial charge in [0.15, 0.2) is 5.13 Å². The lowest BCUT2D eigenvalue weighted by Gasteiger charge is -2.60. The molecule has 2 heterocycles. The molecule has 1 aliphatic heterocycles. The molecule has 0 aromatic carbocycles. The summed E-state index contributed by atoms with van der Waals surface area (Å²) < 4.78 is 0. The Morgan fingerprint density at radius 3 is 2.80 bits per heavy atom. The molecule has 4 aliphatic rings. The second-order valence-electron chi connectivity index (χ2n) is 10.4. The van der Waals surface area contributed by atoms with Gasteiger partial charge in [-0.05, 0) is 67.8 Å². The molecule has 30 heavy (non-hydrogen) atoms. The van der Waals surface area contributed by atoms with Crippen LogP contribution in [0.1, 0.15) is 64.0 Å². The van der Waals surface area contributed by atoms with Crippen LogP contribution in [-0.2, 0) is 4.79 Å². The van der Waals surface area contributed by atoms with Crippen molar-refractivity contribution in [1.82, 2.24) is 9.88 Å². The predicted molar refractivity (Wildman–Crippen MR) is 118 cm³/mol. The number of fused-ring (bicyclic) bond motifs is 5. The quantitative estimate of drug-likeness (QED) is 0.734. The van der Waals surface area contributed by atoms with Gasteiger partial charge in [0.25, 0.3) is 0 Å². The first-order valence-corrected chi connectivity index (χ1v) is 12.1. The number of nitrogens with one attached hydrogen (secondary N) is 1. The molecule has 5 rings (SSSR count). The topological polar surface area (TPSA) is 88.3 Å². The van der Waals surface area contributed by atoms with Crippen LogP contribution in [0.15, 0.2) is 17.5 Å². The highest BCUT2D eigenvalue weighted by molar-refractivity contribution is 7.13. The molecular formula is C23H32N4O2S. The Labute approximate surface area is 182 Å². The molecule has 0 spiro atoms. The van der Waals surface area contributed by atoms with Gasteiger partial charge in [0, 0.05) is 29.8 Å². The third kappa shape index (κ3) is 2.77. The lowest BCUT2D eigenvalue weighted by Crippen LogP contribution is -2.59.